The molecule has 6 heteroatoms. The summed E-state index contributed by atoms with van der Waals surface area (Å²) in [5.74, 6) is 1.54. The Hall–Kier alpha value is -2.57. The number of nitrogens with one attached hydrogen (secondary N) is 2. The van der Waals surface area contributed by atoms with Gasteiger partial charge in [0.2, 0.25) is 0 Å². The molecule has 1 aliphatic rings. The highest BCUT2D eigenvalue weighted by molar-refractivity contribution is 5.73. The highest BCUT2D eigenvalue weighted by Gasteiger charge is 2.28. The third-order valence-corrected chi connectivity index (χ3v) is 4.88. The van der Waals surface area contributed by atoms with E-state index in [1.54, 1.807) is 0 Å². The van der Waals surface area contributed by atoms with Gasteiger partial charge < -0.3 is 20.1 Å². The first-order valence-corrected chi connectivity index (χ1v) is 9.69. The Morgan fingerprint density at radius 3 is 2.50 bits per heavy atom. The number of carbonyl (C=O) groups is 1. The van der Waals surface area contributed by atoms with E-state index in [1.165, 1.54) is 0 Å². The first-order chi connectivity index (χ1) is 13.5. The summed E-state index contributed by atoms with van der Waals surface area (Å²) in [5, 5.41) is 5.90. The monoisotopic (exact) mass is 383 g/mol. The number of hydrogen-bond acceptors (Lipinski definition) is 4. The molecule has 0 radical (unpaired) electrons. The van der Waals surface area contributed by atoms with Gasteiger partial charge in [0.05, 0.1) is 13.2 Å². The van der Waals surface area contributed by atoms with Gasteiger partial charge in [-0.3, -0.25) is 4.90 Å². The number of morpholine rings is 1. The maximum atomic E-state index is 12.2. The van der Waals surface area contributed by atoms with Crippen molar-refractivity contribution in [2.45, 2.75) is 25.9 Å². The Morgan fingerprint density at radius 2 is 1.75 bits per heavy atom. The minimum atomic E-state index is -0.171. The van der Waals surface area contributed by atoms with Crippen molar-refractivity contribution in [2.24, 2.45) is 0 Å². The van der Waals surface area contributed by atoms with Crippen LogP contribution in [0, 0.1) is 0 Å². The lowest BCUT2D eigenvalue weighted by Crippen LogP contribution is -2.56. The topological polar surface area (TPSA) is 62.8 Å². The number of ether oxygens (including phenoxy) is 2. The second-order valence-electron chi connectivity index (χ2n) is 7.51. The first kappa shape index (κ1) is 20.2. The van der Waals surface area contributed by atoms with Gasteiger partial charge in [-0.25, -0.2) is 4.79 Å². The second-order valence-corrected chi connectivity index (χ2v) is 7.51. The van der Waals surface area contributed by atoms with Gasteiger partial charge in [0, 0.05) is 31.7 Å². The van der Waals surface area contributed by atoms with Crippen LogP contribution in [-0.4, -0.2) is 49.3 Å². The van der Waals surface area contributed by atoms with E-state index in [-0.39, 0.29) is 11.6 Å². The second kappa shape index (κ2) is 9.57. The zero-order chi connectivity index (χ0) is 19.8. The van der Waals surface area contributed by atoms with Crippen molar-refractivity contribution in [1.29, 1.82) is 0 Å². The number of rotatable bonds is 7. The van der Waals surface area contributed by atoms with Crippen LogP contribution in [0.1, 0.15) is 19.4 Å². The van der Waals surface area contributed by atoms with Gasteiger partial charge in [0.25, 0.3) is 0 Å². The molecular formula is C22H29N3O3. The van der Waals surface area contributed by atoms with Crippen LogP contribution in [0.4, 0.5) is 4.79 Å². The molecule has 2 amide bonds. The summed E-state index contributed by atoms with van der Waals surface area (Å²) in [6, 6.07) is 17.2. The molecule has 2 N–H and O–H groups in total. The number of para-hydroxylation sites is 1. The third-order valence-electron chi connectivity index (χ3n) is 4.88. The van der Waals surface area contributed by atoms with Crippen LogP contribution in [0.5, 0.6) is 11.5 Å². The molecule has 0 saturated carbocycles. The van der Waals surface area contributed by atoms with Gasteiger partial charge >= 0.3 is 6.03 Å². The molecule has 0 aliphatic carbocycles. The molecule has 6 nitrogen and oxygen atoms in total. The van der Waals surface area contributed by atoms with Crippen LogP contribution in [0.3, 0.4) is 0 Å². The zero-order valence-electron chi connectivity index (χ0n) is 16.6. The summed E-state index contributed by atoms with van der Waals surface area (Å²) in [4.78, 5) is 14.6. The predicted octanol–water partition coefficient (Wildman–Crippen LogP) is 3.39. The van der Waals surface area contributed by atoms with Crippen molar-refractivity contribution in [2.75, 3.05) is 32.8 Å². The molecule has 150 valence electrons. The normalized spacial score (nSPS) is 15.1. The lowest BCUT2D eigenvalue weighted by Gasteiger charge is -2.40. The summed E-state index contributed by atoms with van der Waals surface area (Å²) >= 11 is 0. The molecule has 1 saturated heterocycles. The average Bonchev–Trinajstić information content (AvgIpc) is 2.72. The maximum absolute atomic E-state index is 12.2. The number of benzene rings is 2. The van der Waals surface area contributed by atoms with E-state index in [2.05, 4.69) is 29.4 Å². The van der Waals surface area contributed by atoms with Crippen molar-refractivity contribution in [3.05, 3.63) is 60.2 Å². The maximum Gasteiger partial charge on any atom is 0.315 e. The Labute approximate surface area is 166 Å². The van der Waals surface area contributed by atoms with Crippen molar-refractivity contribution < 1.29 is 14.3 Å². The number of hydrogen-bond donors (Lipinski definition) is 2. The molecule has 0 bridgehead atoms. The van der Waals surface area contributed by atoms with Crippen LogP contribution in [0.15, 0.2) is 54.6 Å². The number of urea groups is 1. The van der Waals surface area contributed by atoms with Crippen molar-refractivity contribution in [3.63, 3.8) is 0 Å². The van der Waals surface area contributed by atoms with Crippen LogP contribution in [0.2, 0.25) is 0 Å². The number of nitrogens with zero attached hydrogens (tertiary/aromatic N) is 1. The minimum Gasteiger partial charge on any atom is -0.457 e. The Kier molecular flexibility index (Phi) is 6.90. The molecule has 0 spiro atoms. The summed E-state index contributed by atoms with van der Waals surface area (Å²) in [6.07, 6.45) is 0. The summed E-state index contributed by atoms with van der Waals surface area (Å²) < 4.78 is 11.2. The Bertz CT molecular complexity index is 759. The highest BCUT2D eigenvalue weighted by Crippen LogP contribution is 2.21. The van der Waals surface area contributed by atoms with Crippen molar-refractivity contribution >= 4 is 6.03 Å². The van der Waals surface area contributed by atoms with Crippen molar-refractivity contribution in [1.82, 2.24) is 15.5 Å². The zero-order valence-corrected chi connectivity index (χ0v) is 16.6. The standard InChI is InChI=1S/C22H29N3O3/c1-22(2,25-11-13-27-14-12-25)17-24-21(26)23-16-18-7-6-10-20(15-18)28-19-8-4-3-5-9-19/h3-10,15H,11-14,16-17H2,1-2H3,(H2,23,24,26). The van der Waals surface area contributed by atoms with Crippen molar-refractivity contribution in [3.8, 4) is 11.5 Å². The predicted molar refractivity (Wildman–Crippen MR) is 110 cm³/mol. The minimum absolute atomic E-state index is 0.107. The third kappa shape index (κ3) is 5.97. The average molecular weight is 383 g/mol. The van der Waals surface area contributed by atoms with E-state index in [4.69, 9.17) is 9.47 Å². The van der Waals surface area contributed by atoms with Gasteiger partial charge in [-0.2, -0.15) is 0 Å². The largest absolute Gasteiger partial charge is 0.457 e. The fraction of sp³-hybridized carbons (Fsp3) is 0.409. The molecular weight excluding hydrogens is 354 g/mol. The van der Waals surface area contributed by atoms with Gasteiger partial charge in [-0.1, -0.05) is 30.3 Å². The molecule has 1 heterocycles. The SMILES string of the molecule is CC(C)(CNC(=O)NCc1cccc(Oc2ccccc2)c1)N1CCOCC1. The van der Waals surface area contributed by atoms with Crippen LogP contribution in [-0.2, 0) is 11.3 Å². The molecule has 3 rings (SSSR count). The van der Waals surface area contributed by atoms with Gasteiger partial charge in [0.1, 0.15) is 11.5 Å². The van der Waals surface area contributed by atoms with E-state index in [0.717, 1.165) is 43.4 Å². The fourth-order valence-corrected chi connectivity index (χ4v) is 3.17. The molecule has 1 fully saturated rings. The fourth-order valence-electron chi connectivity index (χ4n) is 3.17. The molecule has 0 atom stereocenters. The van der Waals surface area contributed by atoms with E-state index < -0.39 is 0 Å². The quantitative estimate of drug-likeness (QED) is 0.769. The van der Waals surface area contributed by atoms with E-state index in [9.17, 15) is 4.79 Å². The first-order valence-electron chi connectivity index (χ1n) is 9.69. The highest BCUT2D eigenvalue weighted by atomic mass is 16.5. The smallest absolute Gasteiger partial charge is 0.315 e. The molecule has 2 aromatic rings. The molecule has 2 aromatic carbocycles. The van der Waals surface area contributed by atoms with Crippen LogP contribution < -0.4 is 15.4 Å². The van der Waals surface area contributed by atoms with E-state index in [0.29, 0.717) is 13.1 Å². The summed E-state index contributed by atoms with van der Waals surface area (Å²) in [5.41, 5.74) is 0.876. The number of carbonyl (C=O) groups excluding carboxylic acids is 1. The summed E-state index contributed by atoms with van der Waals surface area (Å²) in [6.45, 7) is 8.58. The lowest BCUT2D eigenvalue weighted by molar-refractivity contribution is -0.00874. The molecule has 1 aliphatic heterocycles. The molecule has 0 unspecified atom stereocenters. The van der Waals surface area contributed by atoms with Crippen LogP contribution >= 0.6 is 0 Å². The Balaban J connectivity index is 1.46. The van der Waals surface area contributed by atoms with Gasteiger partial charge in [0.15, 0.2) is 0 Å². The van der Waals surface area contributed by atoms with Gasteiger partial charge in [-0.15, -0.1) is 0 Å². The number of amides is 2. The molecule has 28 heavy (non-hydrogen) atoms. The lowest BCUT2D eigenvalue weighted by atomic mass is 10.0. The Morgan fingerprint density at radius 1 is 1.04 bits per heavy atom. The van der Waals surface area contributed by atoms with E-state index >= 15 is 0 Å². The summed E-state index contributed by atoms with van der Waals surface area (Å²) in [7, 11) is 0. The van der Waals surface area contributed by atoms with Gasteiger partial charge in [-0.05, 0) is 43.7 Å². The van der Waals surface area contributed by atoms with Crippen LogP contribution in [0.25, 0.3) is 0 Å². The van der Waals surface area contributed by atoms with E-state index in [1.807, 2.05) is 54.6 Å². The molecule has 0 aromatic heterocycles.